The van der Waals surface area contributed by atoms with Gasteiger partial charge in [-0.3, -0.25) is 9.59 Å². The van der Waals surface area contributed by atoms with Crippen molar-refractivity contribution in [3.05, 3.63) is 59.7 Å². The van der Waals surface area contributed by atoms with Gasteiger partial charge in [-0.2, -0.15) is 0 Å². The highest BCUT2D eigenvalue weighted by Crippen LogP contribution is 2.13. The summed E-state index contributed by atoms with van der Waals surface area (Å²) >= 11 is 0. The van der Waals surface area contributed by atoms with E-state index in [1.807, 2.05) is 9.44 Å². The van der Waals surface area contributed by atoms with E-state index < -0.39 is 44.0 Å². The van der Waals surface area contributed by atoms with Crippen LogP contribution in [-0.4, -0.2) is 64.1 Å². The molecule has 0 aliphatic rings. The van der Waals surface area contributed by atoms with Crippen molar-refractivity contribution in [1.29, 1.82) is 0 Å². The van der Waals surface area contributed by atoms with Gasteiger partial charge < -0.3 is 20.8 Å². The van der Waals surface area contributed by atoms with E-state index in [1.165, 1.54) is 48.5 Å². The maximum atomic E-state index is 12.3. The molecule has 0 atom stereocenters. The molecule has 0 unspecified atom stereocenters. The number of hydrogen-bond acceptors (Lipinski definition) is 8. The fourth-order valence-electron chi connectivity index (χ4n) is 3.44. The third-order valence-electron chi connectivity index (χ3n) is 5.26. The summed E-state index contributed by atoms with van der Waals surface area (Å²) in [6.45, 7) is 0.348. The number of carbonyl (C=O) groups is 4. The predicted molar refractivity (Wildman–Crippen MR) is 141 cm³/mol. The molecule has 0 bridgehead atoms. The largest absolute Gasteiger partial charge is 0.481 e. The third kappa shape index (κ3) is 11.3. The lowest BCUT2D eigenvalue weighted by molar-refractivity contribution is -0.137. The van der Waals surface area contributed by atoms with E-state index in [-0.39, 0.29) is 46.8 Å². The SMILES string of the molecule is O=C(O)Cc1cccc(S(=O)(=O)NC(=O)NCCCCCCNC(=O)NS(=O)(=O)c2cccc(CC(=O)O)c2)c1. The van der Waals surface area contributed by atoms with Gasteiger partial charge in [-0.15, -0.1) is 0 Å². The fraction of sp³-hybridized carbons (Fsp3) is 0.333. The molecule has 0 aliphatic carbocycles. The van der Waals surface area contributed by atoms with Crippen LogP contribution in [0.1, 0.15) is 36.8 Å². The van der Waals surface area contributed by atoms with Gasteiger partial charge in [0, 0.05) is 13.1 Å². The number of rotatable bonds is 15. The summed E-state index contributed by atoms with van der Waals surface area (Å²) in [5.41, 5.74) is 0.541. The quantitative estimate of drug-likeness (QED) is 0.160. The van der Waals surface area contributed by atoms with Gasteiger partial charge in [0.25, 0.3) is 20.0 Å². The van der Waals surface area contributed by atoms with Crippen LogP contribution in [0.25, 0.3) is 0 Å². The van der Waals surface area contributed by atoms with Crippen LogP contribution in [0, 0.1) is 0 Å². The maximum Gasteiger partial charge on any atom is 0.328 e. The molecule has 0 saturated heterocycles. The summed E-state index contributed by atoms with van der Waals surface area (Å²) in [6, 6.07) is 8.64. The Morgan fingerprint density at radius 1 is 0.600 bits per heavy atom. The molecule has 2 rings (SSSR count). The Kier molecular flexibility index (Phi) is 11.9. The minimum absolute atomic E-state index is 0.174. The Morgan fingerprint density at radius 3 is 1.32 bits per heavy atom. The van der Waals surface area contributed by atoms with Crippen molar-refractivity contribution < 1.29 is 46.2 Å². The lowest BCUT2D eigenvalue weighted by atomic mass is 10.2. The van der Waals surface area contributed by atoms with Crippen molar-refractivity contribution in [1.82, 2.24) is 20.1 Å². The Hall–Kier alpha value is -4.18. The van der Waals surface area contributed by atoms with Crippen LogP contribution in [0.3, 0.4) is 0 Å². The van der Waals surface area contributed by atoms with E-state index >= 15 is 0 Å². The van der Waals surface area contributed by atoms with Gasteiger partial charge in [-0.05, 0) is 48.2 Å². The first kappa shape index (κ1) is 32.0. The average Bonchev–Trinajstić information content (AvgIpc) is 2.84. The Labute approximate surface area is 231 Å². The number of carbonyl (C=O) groups excluding carboxylic acids is 2. The van der Waals surface area contributed by atoms with Gasteiger partial charge in [0.05, 0.1) is 22.6 Å². The smallest absolute Gasteiger partial charge is 0.328 e. The minimum atomic E-state index is -4.19. The number of nitrogens with one attached hydrogen (secondary N) is 4. The summed E-state index contributed by atoms with van der Waals surface area (Å²) in [4.78, 5) is 45.1. The highest BCUT2D eigenvalue weighted by atomic mass is 32.2. The van der Waals surface area contributed by atoms with Crippen LogP contribution in [0.15, 0.2) is 58.3 Å². The highest BCUT2D eigenvalue weighted by molar-refractivity contribution is 7.90. The average molecular weight is 599 g/mol. The number of sulfonamides is 2. The van der Waals surface area contributed by atoms with Crippen LogP contribution in [-0.2, 0) is 42.5 Å². The van der Waals surface area contributed by atoms with Crippen LogP contribution >= 0.6 is 0 Å². The molecular weight excluding hydrogens is 568 g/mol. The Balaban J connectivity index is 1.64. The minimum Gasteiger partial charge on any atom is -0.481 e. The lowest BCUT2D eigenvalue weighted by Crippen LogP contribution is -2.40. The summed E-state index contributed by atoms with van der Waals surface area (Å²) in [5.74, 6) is -2.24. The maximum absolute atomic E-state index is 12.3. The molecule has 2 aromatic rings. The van der Waals surface area contributed by atoms with Gasteiger partial charge in [0.15, 0.2) is 0 Å². The zero-order valence-electron chi connectivity index (χ0n) is 21.3. The van der Waals surface area contributed by atoms with Crippen LogP contribution < -0.4 is 20.1 Å². The number of carboxylic acid groups (broad SMARTS) is 2. The number of amides is 4. The summed E-state index contributed by atoms with van der Waals surface area (Å²) < 4.78 is 53.1. The van der Waals surface area contributed by atoms with Crippen LogP contribution in [0.2, 0.25) is 0 Å². The van der Waals surface area contributed by atoms with E-state index in [0.29, 0.717) is 25.7 Å². The Bertz CT molecular complexity index is 1330. The van der Waals surface area contributed by atoms with Gasteiger partial charge in [-0.25, -0.2) is 35.9 Å². The van der Waals surface area contributed by atoms with Gasteiger partial charge in [0.1, 0.15) is 0 Å². The molecule has 6 N–H and O–H groups in total. The molecule has 2 aromatic carbocycles. The van der Waals surface area contributed by atoms with Crippen LogP contribution in [0.5, 0.6) is 0 Å². The molecular formula is C24H30N4O10S2. The van der Waals surface area contributed by atoms with E-state index in [9.17, 15) is 36.0 Å². The number of aliphatic carboxylic acids is 2. The van der Waals surface area contributed by atoms with Crippen molar-refractivity contribution in [3.63, 3.8) is 0 Å². The molecule has 0 aromatic heterocycles. The first-order valence-electron chi connectivity index (χ1n) is 12.0. The fourth-order valence-corrected chi connectivity index (χ4v) is 5.43. The van der Waals surface area contributed by atoms with Gasteiger partial charge >= 0.3 is 24.0 Å². The first-order chi connectivity index (χ1) is 18.8. The number of hydrogen-bond donors (Lipinski definition) is 6. The molecule has 0 radical (unpaired) electrons. The zero-order chi connectivity index (χ0) is 29.8. The van der Waals surface area contributed by atoms with Crippen molar-refractivity contribution in [2.45, 2.75) is 48.3 Å². The number of urea groups is 2. The van der Waals surface area contributed by atoms with Crippen molar-refractivity contribution >= 4 is 44.0 Å². The molecule has 40 heavy (non-hydrogen) atoms. The molecule has 4 amide bonds. The van der Waals surface area contributed by atoms with E-state index in [2.05, 4.69) is 10.6 Å². The number of benzene rings is 2. The number of carboxylic acids is 2. The molecule has 14 nitrogen and oxygen atoms in total. The predicted octanol–water partition coefficient (Wildman–Crippen LogP) is 1.18. The standard InChI is InChI=1S/C24H30N4O10S2/c29-21(30)15-17-7-5-9-19(13-17)39(35,36)27-23(33)25-11-3-1-2-4-12-26-24(34)28-40(37,38)20-10-6-8-18(14-20)16-22(31)32/h5-10,13-14H,1-4,11-12,15-16H2,(H,29,30)(H,31,32)(H2,25,27,33)(H2,26,28,34). The van der Waals surface area contributed by atoms with Gasteiger partial charge in [0.2, 0.25) is 0 Å². The van der Waals surface area contributed by atoms with E-state index in [0.717, 1.165) is 0 Å². The third-order valence-corrected chi connectivity index (χ3v) is 7.91. The molecule has 0 fully saturated rings. The second-order valence-corrected chi connectivity index (χ2v) is 11.9. The van der Waals surface area contributed by atoms with Crippen molar-refractivity contribution in [2.75, 3.05) is 13.1 Å². The lowest BCUT2D eigenvalue weighted by Gasteiger charge is -2.10. The first-order valence-corrected chi connectivity index (χ1v) is 15.0. The second kappa shape index (κ2) is 14.8. The topological polar surface area (TPSA) is 225 Å². The summed E-state index contributed by atoms with van der Waals surface area (Å²) in [5, 5.41) is 22.5. The zero-order valence-corrected chi connectivity index (χ0v) is 22.9. The molecule has 0 spiro atoms. The summed E-state index contributed by atoms with van der Waals surface area (Å²) in [7, 11) is -8.37. The summed E-state index contributed by atoms with van der Waals surface area (Å²) in [6.07, 6.45) is 1.55. The van der Waals surface area contributed by atoms with Crippen molar-refractivity contribution in [3.8, 4) is 0 Å². The number of unbranched alkanes of at least 4 members (excludes halogenated alkanes) is 3. The highest BCUT2D eigenvalue weighted by Gasteiger charge is 2.19. The van der Waals surface area contributed by atoms with Gasteiger partial charge in [-0.1, -0.05) is 37.1 Å². The van der Waals surface area contributed by atoms with Crippen molar-refractivity contribution in [2.24, 2.45) is 0 Å². The van der Waals surface area contributed by atoms with E-state index in [1.54, 1.807) is 0 Å². The molecule has 0 heterocycles. The molecule has 0 saturated carbocycles. The molecule has 218 valence electrons. The van der Waals surface area contributed by atoms with E-state index in [4.69, 9.17) is 10.2 Å². The molecule has 16 heteroatoms. The van der Waals surface area contributed by atoms with Crippen LogP contribution in [0.4, 0.5) is 9.59 Å². The monoisotopic (exact) mass is 598 g/mol. The normalized spacial score (nSPS) is 11.3. The molecule has 0 aliphatic heterocycles. The Morgan fingerprint density at radius 2 is 0.975 bits per heavy atom. The second-order valence-electron chi connectivity index (χ2n) is 8.57.